The summed E-state index contributed by atoms with van der Waals surface area (Å²) in [7, 11) is -0.567. The maximum absolute atomic E-state index is 12.8. The Balaban J connectivity index is 5.07. The van der Waals surface area contributed by atoms with Crippen molar-refractivity contribution in [3.63, 3.8) is 0 Å². The molecular weight excluding hydrogens is 319 g/mol. The molecule has 0 radical (unpaired) electrons. The van der Waals surface area contributed by atoms with E-state index in [9.17, 15) is 14.2 Å². The molecular formula is C15H31N2O5P. The van der Waals surface area contributed by atoms with Crippen LogP contribution in [0.2, 0.25) is 0 Å². The fourth-order valence-electron chi connectivity index (χ4n) is 2.26. The number of hydrogen-bond donors (Lipinski definition) is 2. The molecule has 23 heavy (non-hydrogen) atoms. The quantitative estimate of drug-likeness (QED) is 0.460. The second-order valence-corrected chi connectivity index (χ2v) is 8.96. The number of ether oxygens (including phenoxy) is 2. The van der Waals surface area contributed by atoms with Gasteiger partial charge in [-0.2, -0.15) is 0 Å². The molecule has 0 bridgehead atoms. The number of hydrogen-bond acceptors (Lipinski definition) is 5. The third kappa shape index (κ3) is 9.08. The number of rotatable bonds is 10. The predicted octanol–water partition coefficient (Wildman–Crippen LogP) is 2.16. The zero-order valence-electron chi connectivity index (χ0n) is 15.2. The number of nitrogens with one attached hydrogen (secondary N) is 2. The summed E-state index contributed by atoms with van der Waals surface area (Å²) < 4.78 is 22.3. The van der Waals surface area contributed by atoms with Crippen LogP contribution in [-0.2, 0) is 23.6 Å². The summed E-state index contributed by atoms with van der Waals surface area (Å²) in [6.07, 6.45) is 0.971. The summed E-state index contributed by atoms with van der Waals surface area (Å²) in [5.41, 5.74) is 0. The van der Waals surface area contributed by atoms with E-state index in [2.05, 4.69) is 10.2 Å². The normalized spacial score (nSPS) is 14.7. The van der Waals surface area contributed by atoms with Gasteiger partial charge in [-0.05, 0) is 24.7 Å². The largest absolute Gasteiger partial charge is 0.468 e. The summed E-state index contributed by atoms with van der Waals surface area (Å²) in [5.74, 6) is -0.501. The van der Waals surface area contributed by atoms with Gasteiger partial charge in [0, 0.05) is 6.66 Å². The SMILES string of the molecule is COC(=O)[C@H](CC(C)C)NP(C)(=O)N[C@@H](CC(C)C)C(=O)OC. The van der Waals surface area contributed by atoms with Crippen molar-refractivity contribution in [3.05, 3.63) is 0 Å². The van der Waals surface area contributed by atoms with Gasteiger partial charge >= 0.3 is 11.9 Å². The van der Waals surface area contributed by atoms with Gasteiger partial charge in [0.1, 0.15) is 12.1 Å². The summed E-state index contributed by atoms with van der Waals surface area (Å²) in [4.78, 5) is 23.7. The smallest absolute Gasteiger partial charge is 0.323 e. The lowest BCUT2D eigenvalue weighted by atomic mass is 10.1. The van der Waals surface area contributed by atoms with Crippen molar-refractivity contribution >= 4 is 19.4 Å². The van der Waals surface area contributed by atoms with E-state index in [1.54, 1.807) is 0 Å². The van der Waals surface area contributed by atoms with Crippen molar-refractivity contribution < 1.29 is 23.6 Å². The highest BCUT2D eigenvalue weighted by atomic mass is 31.2. The Morgan fingerprint density at radius 2 is 1.17 bits per heavy atom. The van der Waals surface area contributed by atoms with Gasteiger partial charge in [0.25, 0.3) is 0 Å². The van der Waals surface area contributed by atoms with Crippen LogP contribution >= 0.6 is 7.44 Å². The first kappa shape index (κ1) is 22.1. The van der Waals surface area contributed by atoms with E-state index in [4.69, 9.17) is 9.47 Å². The molecule has 2 N–H and O–H groups in total. The van der Waals surface area contributed by atoms with Gasteiger partial charge in [-0.15, -0.1) is 0 Å². The summed E-state index contributed by atoms with van der Waals surface area (Å²) in [6.45, 7) is 9.30. The average molecular weight is 350 g/mol. The minimum Gasteiger partial charge on any atom is -0.468 e. The van der Waals surface area contributed by atoms with E-state index in [1.165, 1.54) is 20.9 Å². The highest BCUT2D eigenvalue weighted by Crippen LogP contribution is 2.34. The minimum atomic E-state index is -3.15. The molecule has 7 nitrogen and oxygen atoms in total. The lowest BCUT2D eigenvalue weighted by Gasteiger charge is -2.27. The molecule has 0 heterocycles. The topological polar surface area (TPSA) is 93.7 Å². The lowest BCUT2D eigenvalue weighted by Crippen LogP contribution is -2.44. The van der Waals surface area contributed by atoms with Gasteiger partial charge in [-0.3, -0.25) is 14.2 Å². The van der Waals surface area contributed by atoms with E-state index < -0.39 is 31.5 Å². The number of carbonyl (C=O) groups excluding carboxylic acids is 2. The van der Waals surface area contributed by atoms with E-state index >= 15 is 0 Å². The van der Waals surface area contributed by atoms with Gasteiger partial charge < -0.3 is 9.47 Å². The van der Waals surface area contributed by atoms with Crippen LogP contribution in [-0.4, -0.2) is 44.9 Å². The maximum Gasteiger partial charge on any atom is 0.323 e. The maximum atomic E-state index is 12.8. The van der Waals surface area contributed by atoms with Crippen LogP contribution in [0.5, 0.6) is 0 Å². The summed E-state index contributed by atoms with van der Waals surface area (Å²) in [6, 6.07) is -1.39. The molecule has 0 aromatic rings. The second-order valence-electron chi connectivity index (χ2n) is 6.59. The molecule has 0 aromatic carbocycles. The Hall–Kier alpha value is -0.910. The minimum absolute atomic E-state index is 0.221. The van der Waals surface area contributed by atoms with Crippen LogP contribution in [0, 0.1) is 11.8 Å². The molecule has 2 atom stereocenters. The third-order valence-corrected chi connectivity index (χ3v) is 4.80. The van der Waals surface area contributed by atoms with Crippen LogP contribution in [0.15, 0.2) is 0 Å². The molecule has 0 saturated carbocycles. The molecule has 0 unspecified atom stereocenters. The molecule has 136 valence electrons. The molecule has 0 aliphatic heterocycles. The molecule has 0 aliphatic carbocycles. The van der Waals surface area contributed by atoms with Gasteiger partial charge in [0.05, 0.1) is 14.2 Å². The average Bonchev–Trinajstić information content (AvgIpc) is 2.42. The van der Waals surface area contributed by atoms with Crippen molar-refractivity contribution in [3.8, 4) is 0 Å². The zero-order valence-corrected chi connectivity index (χ0v) is 16.1. The first-order valence-electron chi connectivity index (χ1n) is 7.81. The Morgan fingerprint density at radius 1 is 0.870 bits per heavy atom. The molecule has 8 heteroatoms. The Morgan fingerprint density at radius 3 is 1.39 bits per heavy atom. The van der Waals surface area contributed by atoms with Crippen molar-refractivity contribution in [2.45, 2.75) is 52.6 Å². The molecule has 0 aliphatic rings. The van der Waals surface area contributed by atoms with E-state index in [0.717, 1.165) is 0 Å². The van der Waals surface area contributed by atoms with Crippen LogP contribution in [0.4, 0.5) is 0 Å². The molecule has 0 aromatic heterocycles. The summed E-state index contributed by atoms with van der Waals surface area (Å²) in [5, 5.41) is 5.64. The highest BCUT2D eigenvalue weighted by molar-refractivity contribution is 7.59. The number of esters is 2. The van der Waals surface area contributed by atoms with Gasteiger partial charge in [0.15, 0.2) is 0 Å². The molecule has 0 amide bonds. The zero-order chi connectivity index (χ0) is 18.2. The van der Waals surface area contributed by atoms with E-state index in [1.807, 2.05) is 27.7 Å². The molecule has 0 spiro atoms. The fraction of sp³-hybridized carbons (Fsp3) is 0.867. The highest BCUT2D eigenvalue weighted by Gasteiger charge is 2.32. The number of methoxy groups -OCH3 is 2. The molecule has 0 fully saturated rings. The van der Waals surface area contributed by atoms with Gasteiger partial charge in [-0.25, -0.2) is 10.2 Å². The second kappa shape index (κ2) is 10.1. The van der Waals surface area contributed by atoms with E-state index in [0.29, 0.717) is 12.8 Å². The van der Waals surface area contributed by atoms with Crippen LogP contribution in [0.1, 0.15) is 40.5 Å². The van der Waals surface area contributed by atoms with Gasteiger partial charge in [0.2, 0.25) is 7.44 Å². The van der Waals surface area contributed by atoms with Crippen molar-refractivity contribution in [2.24, 2.45) is 11.8 Å². The van der Waals surface area contributed by atoms with Crippen LogP contribution in [0.25, 0.3) is 0 Å². The number of carbonyl (C=O) groups is 2. The Kier molecular flexibility index (Phi) is 9.66. The first-order valence-corrected chi connectivity index (χ1v) is 9.96. The van der Waals surface area contributed by atoms with E-state index in [-0.39, 0.29) is 11.8 Å². The van der Waals surface area contributed by atoms with Gasteiger partial charge in [-0.1, -0.05) is 27.7 Å². The monoisotopic (exact) mass is 350 g/mol. The summed E-state index contributed by atoms with van der Waals surface area (Å²) >= 11 is 0. The first-order chi connectivity index (χ1) is 10.5. The van der Waals surface area contributed by atoms with Crippen LogP contribution in [0.3, 0.4) is 0 Å². The lowest BCUT2D eigenvalue weighted by molar-refractivity contribution is -0.143. The Labute approximate surface area is 139 Å². The predicted molar refractivity (Wildman–Crippen MR) is 90.3 cm³/mol. The van der Waals surface area contributed by atoms with Crippen molar-refractivity contribution in [2.75, 3.05) is 20.9 Å². The third-order valence-electron chi connectivity index (χ3n) is 3.19. The Bertz CT molecular complexity index is 404. The van der Waals surface area contributed by atoms with Crippen LogP contribution < -0.4 is 10.2 Å². The fourth-order valence-corrected chi connectivity index (χ4v) is 3.95. The van der Waals surface area contributed by atoms with Crippen molar-refractivity contribution in [1.29, 1.82) is 0 Å². The standard InChI is InChI=1S/C15H31N2O5P/c1-10(2)8-12(14(18)21-5)16-23(7,20)17-13(9-11(3)4)15(19)22-6/h10-13H,8-9H2,1-7H3,(H2,16,17,20)/t12-,13-/m0/s1. The van der Waals surface area contributed by atoms with Crippen molar-refractivity contribution in [1.82, 2.24) is 10.2 Å². The molecule has 0 saturated heterocycles. The molecule has 0 rings (SSSR count).